The summed E-state index contributed by atoms with van der Waals surface area (Å²) in [4.78, 5) is 9.85. The van der Waals surface area contributed by atoms with Crippen LogP contribution in [0.3, 0.4) is 0 Å². The number of hydrogen-bond donors (Lipinski definition) is 5. The van der Waals surface area contributed by atoms with Gasteiger partial charge in [0.1, 0.15) is 19.6 Å². The average molecular weight is 277 g/mol. The van der Waals surface area contributed by atoms with E-state index in [1.54, 1.807) is 26.8 Å². The maximum atomic E-state index is 9.54. The van der Waals surface area contributed by atoms with Crippen LogP contribution in [-0.4, -0.2) is 61.6 Å². The molecule has 5 rings (SSSR count). The molecule has 4 fully saturated rings. The van der Waals surface area contributed by atoms with E-state index in [0.717, 1.165) is 25.2 Å². The van der Waals surface area contributed by atoms with Gasteiger partial charge in [-0.05, 0) is 23.8 Å². The first kappa shape index (κ1) is 12.1. The fourth-order valence-electron chi connectivity index (χ4n) is 4.18. The number of benzene rings is 1. The average Bonchev–Trinajstić information content (AvgIpc) is 2.39. The number of hydrogen-bond acceptors (Lipinski definition) is 3. The summed E-state index contributed by atoms with van der Waals surface area (Å²) in [5, 5.41) is 18.9. The summed E-state index contributed by atoms with van der Waals surface area (Å²) in [6.45, 7) is 7.09. The Bertz CT molecular complexity index is 537. The van der Waals surface area contributed by atoms with E-state index in [1.165, 1.54) is 26.1 Å². The molecule has 0 radical (unpaired) electrons. The van der Waals surface area contributed by atoms with Gasteiger partial charge in [-0.15, -0.1) is 0 Å². The van der Waals surface area contributed by atoms with Crippen molar-refractivity contribution in [2.45, 2.75) is 5.54 Å². The first-order valence-electron chi connectivity index (χ1n) is 7.20. The number of nitrogens with one attached hydrogen (secondary N) is 3. The molecule has 4 aliphatic rings. The van der Waals surface area contributed by atoms with Crippen LogP contribution in [0.5, 0.6) is 11.5 Å². The minimum absolute atomic E-state index is 0.0578. The summed E-state index contributed by atoms with van der Waals surface area (Å²) in [6, 6.07) is 4.86. The van der Waals surface area contributed by atoms with Crippen molar-refractivity contribution in [3.63, 3.8) is 0 Å². The summed E-state index contributed by atoms with van der Waals surface area (Å²) in [5.41, 5.74) is 0.901. The van der Waals surface area contributed by atoms with Crippen molar-refractivity contribution in [1.82, 2.24) is 0 Å². The molecule has 1 aromatic rings. The van der Waals surface area contributed by atoms with E-state index in [-0.39, 0.29) is 17.0 Å². The summed E-state index contributed by atoms with van der Waals surface area (Å²) in [5.74, 6) is -0.170. The van der Waals surface area contributed by atoms with Crippen molar-refractivity contribution >= 4 is 6.21 Å². The van der Waals surface area contributed by atoms with Crippen molar-refractivity contribution in [3.05, 3.63) is 23.8 Å². The van der Waals surface area contributed by atoms with Gasteiger partial charge >= 0.3 is 0 Å². The number of phenolic OH excluding ortho intramolecular Hbond substituents is 2. The molecule has 6 heteroatoms. The summed E-state index contributed by atoms with van der Waals surface area (Å²) in [6.07, 6.45) is 1.86. The maximum absolute atomic E-state index is 9.54. The molecule has 0 aliphatic carbocycles. The fourth-order valence-corrected chi connectivity index (χ4v) is 4.18. The van der Waals surface area contributed by atoms with Gasteiger partial charge < -0.3 is 10.2 Å². The third-order valence-electron chi connectivity index (χ3n) is 4.72. The molecule has 20 heavy (non-hydrogen) atoms. The monoisotopic (exact) mass is 277 g/mol. The smallest absolute Gasteiger partial charge is 0.213 e. The predicted octanol–water partition coefficient (Wildman–Crippen LogP) is -4.18. The molecule has 6 nitrogen and oxygen atoms in total. The zero-order valence-electron chi connectivity index (χ0n) is 11.4. The molecule has 0 unspecified atom stereocenters. The largest absolute Gasteiger partial charge is 0.504 e. The highest BCUT2D eigenvalue weighted by molar-refractivity contribution is 5.81. The van der Waals surface area contributed by atoms with E-state index in [1.807, 2.05) is 6.21 Å². The van der Waals surface area contributed by atoms with Crippen LogP contribution in [-0.2, 0) is 0 Å². The Kier molecular flexibility index (Phi) is 2.54. The lowest BCUT2D eigenvalue weighted by atomic mass is 9.91. The third-order valence-corrected chi connectivity index (χ3v) is 4.72. The number of aliphatic imine (C=N–C) groups is 1. The lowest BCUT2D eigenvalue weighted by Gasteiger charge is -2.50. The molecule has 4 bridgehead atoms. The van der Waals surface area contributed by atoms with Gasteiger partial charge in [0, 0.05) is 6.21 Å². The molecule has 4 aliphatic heterocycles. The van der Waals surface area contributed by atoms with Gasteiger partial charge in [0.15, 0.2) is 11.5 Å². The van der Waals surface area contributed by atoms with E-state index in [4.69, 9.17) is 4.99 Å². The Morgan fingerprint density at radius 2 is 1.55 bits per heavy atom. The molecule has 5 N–H and O–H groups in total. The number of rotatable bonds is 2. The zero-order chi connectivity index (χ0) is 13.7. The predicted molar refractivity (Wildman–Crippen MR) is 72.2 cm³/mol. The molecule has 0 saturated carbocycles. The lowest BCUT2D eigenvalue weighted by Crippen LogP contribution is -3.56. The summed E-state index contributed by atoms with van der Waals surface area (Å²) < 4.78 is 0. The molecule has 1 aromatic carbocycles. The third kappa shape index (κ3) is 1.96. The Morgan fingerprint density at radius 3 is 2.10 bits per heavy atom. The molecular formula is C14H21N4O2+3. The zero-order valence-corrected chi connectivity index (χ0v) is 11.4. The van der Waals surface area contributed by atoms with Gasteiger partial charge in [-0.25, -0.2) is 14.7 Å². The van der Waals surface area contributed by atoms with Crippen molar-refractivity contribution in [3.8, 4) is 11.5 Å². The SMILES string of the molecule is Oc1ccc(C=NC23C[NH+]4C[NH+](C[NH+](C4)C2)C3)cc1O. The van der Waals surface area contributed by atoms with Gasteiger partial charge in [-0.2, -0.15) is 0 Å². The molecule has 0 aromatic heterocycles. The van der Waals surface area contributed by atoms with E-state index >= 15 is 0 Å². The molecule has 0 atom stereocenters. The van der Waals surface area contributed by atoms with Gasteiger partial charge in [0.05, 0.1) is 0 Å². The lowest BCUT2D eigenvalue weighted by molar-refractivity contribution is -1.29. The van der Waals surface area contributed by atoms with Crippen LogP contribution in [0.1, 0.15) is 5.56 Å². The minimum Gasteiger partial charge on any atom is -0.504 e. The first-order chi connectivity index (χ1) is 9.62. The highest BCUT2D eigenvalue weighted by atomic mass is 16.3. The van der Waals surface area contributed by atoms with Gasteiger partial charge in [-0.3, -0.25) is 4.99 Å². The van der Waals surface area contributed by atoms with E-state index in [2.05, 4.69) is 0 Å². The van der Waals surface area contributed by atoms with E-state index < -0.39 is 0 Å². The molecule has 4 saturated heterocycles. The van der Waals surface area contributed by atoms with E-state index in [9.17, 15) is 10.2 Å². The van der Waals surface area contributed by atoms with Gasteiger partial charge in [-0.1, -0.05) is 0 Å². The Hall–Kier alpha value is -1.63. The van der Waals surface area contributed by atoms with Crippen molar-refractivity contribution in [1.29, 1.82) is 0 Å². The highest BCUT2D eigenvalue weighted by Gasteiger charge is 2.57. The minimum atomic E-state index is -0.0856. The molecule has 106 valence electrons. The second-order valence-corrected chi connectivity index (χ2v) is 6.54. The van der Waals surface area contributed by atoms with Crippen LogP contribution in [0, 0.1) is 0 Å². The van der Waals surface area contributed by atoms with Crippen molar-refractivity contribution in [2.75, 3.05) is 39.6 Å². The fraction of sp³-hybridized carbons (Fsp3) is 0.500. The Morgan fingerprint density at radius 1 is 0.950 bits per heavy atom. The second kappa shape index (κ2) is 4.18. The number of phenols is 2. The normalized spacial score (nSPS) is 38.7. The van der Waals surface area contributed by atoms with Crippen LogP contribution < -0.4 is 14.7 Å². The van der Waals surface area contributed by atoms with Crippen LogP contribution >= 0.6 is 0 Å². The molecule has 4 heterocycles. The maximum Gasteiger partial charge on any atom is 0.213 e. The number of nitrogens with zero attached hydrogens (tertiary/aromatic N) is 1. The number of aromatic hydroxyl groups is 2. The molecule has 0 amide bonds. The standard InChI is InChI=1S/C14H18N4O2/c19-12-2-1-11(3-13(12)20)4-15-14-5-16-8-17(6-14)10-18(7-14)9-16/h1-4,19-20H,5-10H2/p+3. The van der Waals surface area contributed by atoms with Gasteiger partial charge in [0.2, 0.25) is 25.5 Å². The highest BCUT2D eigenvalue weighted by Crippen LogP contribution is 2.24. The van der Waals surface area contributed by atoms with Crippen LogP contribution in [0.2, 0.25) is 0 Å². The van der Waals surface area contributed by atoms with E-state index in [0.29, 0.717) is 0 Å². The quantitative estimate of drug-likeness (QED) is 0.281. The second-order valence-electron chi connectivity index (χ2n) is 6.54. The summed E-state index contributed by atoms with van der Waals surface area (Å²) >= 11 is 0. The number of quaternary nitrogens is 3. The topological polar surface area (TPSA) is 66.1 Å². The van der Waals surface area contributed by atoms with Gasteiger partial charge in [0.25, 0.3) is 0 Å². The van der Waals surface area contributed by atoms with Crippen LogP contribution in [0.15, 0.2) is 23.2 Å². The van der Waals surface area contributed by atoms with Crippen LogP contribution in [0.25, 0.3) is 0 Å². The Balaban J connectivity index is 1.58. The van der Waals surface area contributed by atoms with Crippen molar-refractivity contribution in [2.24, 2.45) is 4.99 Å². The van der Waals surface area contributed by atoms with Crippen molar-refractivity contribution < 1.29 is 24.9 Å². The Labute approximate surface area is 117 Å². The summed E-state index contributed by atoms with van der Waals surface area (Å²) in [7, 11) is 0. The molecule has 0 spiro atoms. The van der Waals surface area contributed by atoms with Crippen LogP contribution in [0.4, 0.5) is 0 Å². The molecular weight excluding hydrogens is 256 g/mol. The first-order valence-corrected chi connectivity index (χ1v) is 7.20.